The number of ether oxygens (including phenoxy) is 2. The summed E-state index contributed by atoms with van der Waals surface area (Å²) < 4.78 is 11.5. The van der Waals surface area contributed by atoms with Gasteiger partial charge in [0.15, 0.2) is 0 Å². The smallest absolute Gasteiger partial charge is 0.357 e. The van der Waals surface area contributed by atoms with E-state index in [-0.39, 0.29) is 17.7 Å². The lowest BCUT2D eigenvalue weighted by Gasteiger charge is -2.37. The fraction of sp³-hybridized carbons (Fsp3) is 0.600. The van der Waals surface area contributed by atoms with E-state index in [0.717, 1.165) is 25.7 Å². The van der Waals surface area contributed by atoms with Gasteiger partial charge >= 0.3 is 5.97 Å². The third-order valence-electron chi connectivity index (χ3n) is 4.23. The minimum absolute atomic E-state index is 0.0439. The molecule has 1 atom stereocenters. The van der Waals surface area contributed by atoms with Gasteiger partial charge in [-0.25, -0.2) is 9.78 Å². The van der Waals surface area contributed by atoms with Crippen LogP contribution in [-0.2, 0) is 9.47 Å². The van der Waals surface area contributed by atoms with Gasteiger partial charge in [-0.2, -0.15) is 0 Å². The van der Waals surface area contributed by atoms with Crippen LogP contribution in [0.3, 0.4) is 0 Å². The van der Waals surface area contributed by atoms with Gasteiger partial charge < -0.3 is 15.2 Å². The number of aromatic nitrogens is 1. The highest BCUT2D eigenvalue weighted by Gasteiger charge is 2.41. The highest BCUT2D eigenvalue weighted by Crippen LogP contribution is 2.40. The number of nitrogens with two attached hydrogens (primary N) is 1. The van der Waals surface area contributed by atoms with Crippen molar-refractivity contribution in [2.45, 2.75) is 50.2 Å². The normalized spacial score (nSPS) is 24.7. The Balaban J connectivity index is 1.62. The van der Waals surface area contributed by atoms with Crippen LogP contribution < -0.4 is 5.73 Å². The Morgan fingerprint density at radius 3 is 2.90 bits per heavy atom. The SMILES string of the molecule is Nc1ccc(C(=O)OC2CCOC3(CCCC3)C2)nc1. The summed E-state index contributed by atoms with van der Waals surface area (Å²) in [7, 11) is 0. The second-order valence-corrected chi connectivity index (χ2v) is 5.74. The van der Waals surface area contributed by atoms with Crippen molar-refractivity contribution >= 4 is 11.7 Å². The lowest BCUT2D eigenvalue weighted by molar-refractivity contribution is -0.117. The standard InChI is InChI=1S/C15H20N2O3/c16-11-3-4-13(17-10-11)14(18)20-12-5-8-19-15(9-12)6-1-2-7-15/h3-4,10,12H,1-2,5-9,16H2. The monoisotopic (exact) mass is 276 g/mol. The first-order valence-corrected chi connectivity index (χ1v) is 7.23. The number of pyridine rings is 1. The Bertz CT molecular complexity index is 480. The molecule has 2 fully saturated rings. The lowest BCUT2D eigenvalue weighted by Crippen LogP contribution is -2.41. The first-order valence-electron chi connectivity index (χ1n) is 7.23. The fourth-order valence-electron chi connectivity index (χ4n) is 3.19. The first kappa shape index (κ1) is 13.4. The second kappa shape index (κ2) is 5.40. The Labute approximate surface area is 118 Å². The van der Waals surface area contributed by atoms with Gasteiger partial charge in [-0.1, -0.05) is 12.8 Å². The van der Waals surface area contributed by atoms with E-state index in [2.05, 4.69) is 4.98 Å². The molecular formula is C15H20N2O3. The molecule has 20 heavy (non-hydrogen) atoms. The number of carbonyl (C=O) groups excluding carboxylic acids is 1. The molecule has 1 aliphatic carbocycles. The van der Waals surface area contributed by atoms with Crippen LogP contribution in [0.5, 0.6) is 0 Å². The Hall–Kier alpha value is -1.62. The van der Waals surface area contributed by atoms with Crippen LogP contribution >= 0.6 is 0 Å². The molecule has 1 saturated heterocycles. The van der Waals surface area contributed by atoms with Gasteiger partial charge in [0.25, 0.3) is 0 Å². The Morgan fingerprint density at radius 1 is 1.40 bits per heavy atom. The van der Waals surface area contributed by atoms with Crippen LogP contribution in [0.2, 0.25) is 0 Å². The predicted octanol–water partition coefficient (Wildman–Crippen LogP) is 2.31. The molecule has 0 aromatic carbocycles. The minimum Gasteiger partial charge on any atom is -0.457 e. The van der Waals surface area contributed by atoms with Crippen molar-refractivity contribution < 1.29 is 14.3 Å². The number of hydrogen-bond acceptors (Lipinski definition) is 5. The molecule has 5 nitrogen and oxygen atoms in total. The molecule has 2 aliphatic rings. The Morgan fingerprint density at radius 2 is 2.20 bits per heavy atom. The van der Waals surface area contributed by atoms with Crippen molar-refractivity contribution in [1.29, 1.82) is 0 Å². The summed E-state index contributed by atoms with van der Waals surface area (Å²) in [6.07, 6.45) is 7.58. The number of esters is 1. The van der Waals surface area contributed by atoms with Gasteiger partial charge in [0.05, 0.1) is 24.1 Å². The third-order valence-corrected chi connectivity index (χ3v) is 4.23. The molecule has 1 unspecified atom stereocenters. The van der Waals surface area contributed by atoms with E-state index in [4.69, 9.17) is 15.2 Å². The van der Waals surface area contributed by atoms with E-state index in [1.54, 1.807) is 12.1 Å². The number of nitrogen functional groups attached to an aromatic ring is 1. The summed E-state index contributed by atoms with van der Waals surface area (Å²) in [6.45, 7) is 0.674. The molecule has 1 aliphatic heterocycles. The summed E-state index contributed by atoms with van der Waals surface area (Å²) in [4.78, 5) is 16.1. The maximum Gasteiger partial charge on any atom is 0.357 e. The average Bonchev–Trinajstić information content (AvgIpc) is 2.87. The van der Waals surface area contributed by atoms with E-state index in [1.165, 1.54) is 19.0 Å². The molecule has 0 amide bonds. The maximum atomic E-state index is 12.1. The molecule has 1 aromatic heterocycles. The van der Waals surface area contributed by atoms with Crippen LogP contribution in [-0.4, -0.2) is 29.3 Å². The zero-order valence-electron chi connectivity index (χ0n) is 11.5. The molecule has 2 N–H and O–H groups in total. The third kappa shape index (κ3) is 2.77. The molecule has 5 heteroatoms. The number of carbonyl (C=O) groups is 1. The van der Waals surface area contributed by atoms with Crippen molar-refractivity contribution in [3.63, 3.8) is 0 Å². The second-order valence-electron chi connectivity index (χ2n) is 5.74. The van der Waals surface area contributed by atoms with E-state index in [9.17, 15) is 4.79 Å². The minimum atomic E-state index is -0.370. The van der Waals surface area contributed by atoms with Gasteiger partial charge in [0, 0.05) is 12.8 Å². The zero-order chi connectivity index (χ0) is 14.0. The lowest BCUT2D eigenvalue weighted by atomic mass is 9.90. The highest BCUT2D eigenvalue weighted by molar-refractivity contribution is 5.87. The highest BCUT2D eigenvalue weighted by atomic mass is 16.6. The molecule has 108 valence electrons. The first-order chi connectivity index (χ1) is 9.67. The van der Waals surface area contributed by atoms with Gasteiger partial charge in [0.1, 0.15) is 11.8 Å². The predicted molar refractivity (Wildman–Crippen MR) is 74.2 cm³/mol. The number of rotatable bonds is 2. The molecule has 0 bridgehead atoms. The number of hydrogen-bond donors (Lipinski definition) is 1. The van der Waals surface area contributed by atoms with Gasteiger partial charge in [-0.3, -0.25) is 0 Å². The molecule has 0 radical (unpaired) electrons. The molecule has 3 rings (SSSR count). The van der Waals surface area contributed by atoms with Crippen LogP contribution in [0.15, 0.2) is 18.3 Å². The molecular weight excluding hydrogens is 256 g/mol. The topological polar surface area (TPSA) is 74.4 Å². The van der Waals surface area contributed by atoms with Crippen LogP contribution in [0, 0.1) is 0 Å². The molecule has 1 spiro atoms. The van der Waals surface area contributed by atoms with Crippen molar-refractivity contribution in [3.8, 4) is 0 Å². The summed E-state index contributed by atoms with van der Waals surface area (Å²) in [5.41, 5.74) is 6.37. The zero-order valence-corrected chi connectivity index (χ0v) is 11.5. The van der Waals surface area contributed by atoms with Gasteiger partial charge in [-0.15, -0.1) is 0 Å². The van der Waals surface area contributed by atoms with Crippen molar-refractivity contribution in [2.75, 3.05) is 12.3 Å². The van der Waals surface area contributed by atoms with E-state index < -0.39 is 0 Å². The molecule has 1 saturated carbocycles. The van der Waals surface area contributed by atoms with E-state index >= 15 is 0 Å². The van der Waals surface area contributed by atoms with Crippen LogP contribution in [0.1, 0.15) is 49.0 Å². The number of anilines is 1. The van der Waals surface area contributed by atoms with E-state index in [1.807, 2.05) is 0 Å². The summed E-state index contributed by atoms with van der Waals surface area (Å²) in [6, 6.07) is 3.26. The van der Waals surface area contributed by atoms with Crippen molar-refractivity contribution in [1.82, 2.24) is 4.98 Å². The van der Waals surface area contributed by atoms with Crippen molar-refractivity contribution in [3.05, 3.63) is 24.0 Å². The van der Waals surface area contributed by atoms with Gasteiger partial charge in [0.2, 0.25) is 0 Å². The van der Waals surface area contributed by atoms with Crippen LogP contribution in [0.4, 0.5) is 5.69 Å². The van der Waals surface area contributed by atoms with E-state index in [0.29, 0.717) is 18.0 Å². The quantitative estimate of drug-likeness (QED) is 0.839. The summed E-state index contributed by atoms with van der Waals surface area (Å²) >= 11 is 0. The summed E-state index contributed by atoms with van der Waals surface area (Å²) in [5, 5.41) is 0. The largest absolute Gasteiger partial charge is 0.457 e. The van der Waals surface area contributed by atoms with Gasteiger partial charge in [-0.05, 0) is 25.0 Å². The summed E-state index contributed by atoms with van der Waals surface area (Å²) in [5.74, 6) is -0.370. The fourth-order valence-corrected chi connectivity index (χ4v) is 3.19. The van der Waals surface area contributed by atoms with Crippen molar-refractivity contribution in [2.24, 2.45) is 0 Å². The molecule has 2 heterocycles. The molecule has 1 aromatic rings. The number of nitrogens with zero attached hydrogens (tertiary/aromatic N) is 1. The average molecular weight is 276 g/mol. The Kier molecular flexibility index (Phi) is 3.61. The maximum absolute atomic E-state index is 12.1. The van der Waals surface area contributed by atoms with Crippen LogP contribution in [0.25, 0.3) is 0 Å².